The van der Waals surface area contributed by atoms with Crippen LogP contribution < -0.4 is 5.32 Å². The Morgan fingerprint density at radius 1 is 1.36 bits per heavy atom. The second-order valence-corrected chi connectivity index (χ2v) is 5.24. The predicted molar refractivity (Wildman–Crippen MR) is 77.4 cm³/mol. The standard InChI is InChI=1S/C14H16ClF3N4/c1-3-22-8-10(7-20-22)6-19-9(2)11-4-5-12(14(16,17)18)21-13(11)15/h4-5,7-9,19H,3,6H2,1-2H3/t9-/m0/s1. The van der Waals surface area contributed by atoms with E-state index in [1.807, 2.05) is 20.0 Å². The maximum atomic E-state index is 12.6. The van der Waals surface area contributed by atoms with E-state index in [2.05, 4.69) is 15.4 Å². The van der Waals surface area contributed by atoms with E-state index in [0.29, 0.717) is 12.1 Å². The summed E-state index contributed by atoms with van der Waals surface area (Å²) in [5, 5.41) is 7.21. The first kappa shape index (κ1) is 16.8. The van der Waals surface area contributed by atoms with Crippen molar-refractivity contribution in [3.63, 3.8) is 0 Å². The molecule has 2 aromatic rings. The Bertz CT molecular complexity index is 639. The van der Waals surface area contributed by atoms with E-state index < -0.39 is 11.9 Å². The summed E-state index contributed by atoms with van der Waals surface area (Å²) in [6, 6.07) is 2.06. The number of nitrogens with zero attached hydrogens (tertiary/aromatic N) is 3. The highest BCUT2D eigenvalue weighted by atomic mass is 35.5. The van der Waals surface area contributed by atoms with E-state index in [1.54, 1.807) is 10.9 Å². The number of aryl methyl sites for hydroxylation is 1. The highest BCUT2D eigenvalue weighted by Crippen LogP contribution is 2.31. The maximum Gasteiger partial charge on any atom is 0.433 e. The smallest absolute Gasteiger partial charge is 0.306 e. The number of pyridine rings is 1. The highest BCUT2D eigenvalue weighted by Gasteiger charge is 2.33. The van der Waals surface area contributed by atoms with Crippen LogP contribution in [0.25, 0.3) is 0 Å². The topological polar surface area (TPSA) is 42.7 Å². The molecule has 0 bridgehead atoms. The van der Waals surface area contributed by atoms with Crippen LogP contribution in [0.2, 0.25) is 5.15 Å². The first-order valence-electron chi connectivity index (χ1n) is 6.79. The fourth-order valence-corrected chi connectivity index (χ4v) is 2.30. The van der Waals surface area contributed by atoms with Gasteiger partial charge in [-0.05, 0) is 19.9 Å². The van der Waals surface area contributed by atoms with E-state index in [-0.39, 0.29) is 11.2 Å². The van der Waals surface area contributed by atoms with Crippen molar-refractivity contribution in [1.82, 2.24) is 20.1 Å². The fraction of sp³-hybridized carbons (Fsp3) is 0.429. The number of nitrogens with one attached hydrogen (secondary N) is 1. The third-order valence-corrected chi connectivity index (χ3v) is 3.56. The van der Waals surface area contributed by atoms with Gasteiger partial charge in [-0.1, -0.05) is 17.7 Å². The van der Waals surface area contributed by atoms with E-state index in [1.165, 1.54) is 6.07 Å². The lowest BCUT2D eigenvalue weighted by Gasteiger charge is -2.16. The fourth-order valence-electron chi connectivity index (χ4n) is 1.98. The summed E-state index contributed by atoms with van der Waals surface area (Å²) < 4.78 is 39.5. The summed E-state index contributed by atoms with van der Waals surface area (Å²) in [4.78, 5) is 3.42. The Labute approximate surface area is 131 Å². The molecule has 22 heavy (non-hydrogen) atoms. The molecule has 0 radical (unpaired) electrons. The van der Waals surface area contributed by atoms with Gasteiger partial charge in [0, 0.05) is 36.5 Å². The molecule has 8 heteroatoms. The molecule has 1 atom stereocenters. The van der Waals surface area contributed by atoms with Crippen LogP contribution in [0.4, 0.5) is 13.2 Å². The molecule has 0 aliphatic heterocycles. The third kappa shape index (κ3) is 3.98. The summed E-state index contributed by atoms with van der Waals surface area (Å²) in [5.41, 5.74) is 0.528. The van der Waals surface area contributed by atoms with Crippen molar-refractivity contribution in [1.29, 1.82) is 0 Å². The van der Waals surface area contributed by atoms with E-state index >= 15 is 0 Å². The summed E-state index contributed by atoms with van der Waals surface area (Å²) in [7, 11) is 0. The van der Waals surface area contributed by atoms with Crippen LogP contribution in [0.15, 0.2) is 24.5 Å². The number of hydrogen-bond donors (Lipinski definition) is 1. The molecule has 0 aliphatic rings. The average molecular weight is 333 g/mol. The molecule has 2 aromatic heterocycles. The number of alkyl halides is 3. The van der Waals surface area contributed by atoms with Gasteiger partial charge in [-0.2, -0.15) is 18.3 Å². The first-order chi connectivity index (χ1) is 10.3. The predicted octanol–water partition coefficient (Wildman–Crippen LogP) is 3.82. The average Bonchev–Trinajstić information content (AvgIpc) is 2.91. The zero-order chi connectivity index (χ0) is 16.3. The van der Waals surface area contributed by atoms with Crippen molar-refractivity contribution in [2.45, 2.75) is 39.2 Å². The van der Waals surface area contributed by atoms with Gasteiger partial charge in [-0.3, -0.25) is 4.68 Å². The molecular weight excluding hydrogens is 317 g/mol. The van der Waals surface area contributed by atoms with Gasteiger partial charge >= 0.3 is 6.18 Å². The molecule has 0 amide bonds. The van der Waals surface area contributed by atoms with Crippen LogP contribution in [0.1, 0.15) is 36.7 Å². The number of aromatic nitrogens is 3. The summed E-state index contributed by atoms with van der Waals surface area (Å²) >= 11 is 5.87. The maximum absolute atomic E-state index is 12.6. The Kier molecular flexibility index (Phi) is 5.08. The van der Waals surface area contributed by atoms with Gasteiger partial charge in [0.2, 0.25) is 0 Å². The van der Waals surface area contributed by atoms with Crippen molar-refractivity contribution in [3.05, 3.63) is 46.5 Å². The van der Waals surface area contributed by atoms with Gasteiger partial charge < -0.3 is 5.32 Å². The summed E-state index contributed by atoms with van der Waals surface area (Å²) in [6.45, 7) is 5.13. The molecule has 0 fully saturated rings. The lowest BCUT2D eigenvalue weighted by molar-refractivity contribution is -0.141. The summed E-state index contributed by atoms with van der Waals surface area (Å²) in [6.07, 6.45) is -0.838. The van der Waals surface area contributed by atoms with Gasteiger partial charge in [0.25, 0.3) is 0 Å². The van der Waals surface area contributed by atoms with Gasteiger partial charge in [0.15, 0.2) is 0 Å². The molecule has 1 N–H and O–H groups in total. The second-order valence-electron chi connectivity index (χ2n) is 4.88. The van der Waals surface area contributed by atoms with Crippen LogP contribution in [-0.2, 0) is 19.3 Å². The number of halogens is 4. The number of hydrogen-bond acceptors (Lipinski definition) is 3. The Morgan fingerprint density at radius 3 is 2.64 bits per heavy atom. The number of rotatable bonds is 5. The Balaban J connectivity index is 2.04. The highest BCUT2D eigenvalue weighted by molar-refractivity contribution is 6.30. The molecule has 4 nitrogen and oxygen atoms in total. The zero-order valence-electron chi connectivity index (χ0n) is 12.2. The van der Waals surface area contributed by atoms with Gasteiger partial charge in [0.1, 0.15) is 10.8 Å². The molecule has 0 spiro atoms. The van der Waals surface area contributed by atoms with Crippen molar-refractivity contribution < 1.29 is 13.2 Å². The molecule has 2 rings (SSSR count). The lowest BCUT2D eigenvalue weighted by Crippen LogP contribution is -2.19. The quantitative estimate of drug-likeness (QED) is 0.846. The Morgan fingerprint density at radius 2 is 2.09 bits per heavy atom. The largest absolute Gasteiger partial charge is 0.433 e. The molecule has 2 heterocycles. The van der Waals surface area contributed by atoms with Crippen LogP contribution >= 0.6 is 11.6 Å². The minimum atomic E-state index is -4.49. The molecule has 0 aliphatic carbocycles. The third-order valence-electron chi connectivity index (χ3n) is 3.26. The van der Waals surface area contributed by atoms with E-state index in [4.69, 9.17) is 11.6 Å². The Hall–Kier alpha value is -1.60. The van der Waals surface area contributed by atoms with Crippen molar-refractivity contribution in [3.8, 4) is 0 Å². The molecule has 0 unspecified atom stereocenters. The van der Waals surface area contributed by atoms with Crippen molar-refractivity contribution in [2.24, 2.45) is 0 Å². The van der Waals surface area contributed by atoms with E-state index in [9.17, 15) is 13.2 Å². The molecular formula is C14H16ClF3N4. The zero-order valence-corrected chi connectivity index (χ0v) is 12.9. The van der Waals surface area contributed by atoms with Gasteiger partial charge in [0.05, 0.1) is 6.20 Å². The van der Waals surface area contributed by atoms with Crippen LogP contribution in [0.5, 0.6) is 0 Å². The molecule has 0 saturated heterocycles. The molecule has 120 valence electrons. The van der Waals surface area contributed by atoms with Gasteiger partial charge in [-0.15, -0.1) is 0 Å². The van der Waals surface area contributed by atoms with Gasteiger partial charge in [-0.25, -0.2) is 4.98 Å². The normalized spacial score (nSPS) is 13.4. The van der Waals surface area contributed by atoms with Crippen LogP contribution in [0, 0.1) is 0 Å². The van der Waals surface area contributed by atoms with Crippen molar-refractivity contribution in [2.75, 3.05) is 0 Å². The SMILES string of the molecule is CCn1cc(CN[C@@H](C)c2ccc(C(F)(F)F)nc2Cl)cn1. The molecule has 0 aromatic carbocycles. The van der Waals surface area contributed by atoms with E-state index in [0.717, 1.165) is 18.2 Å². The second kappa shape index (κ2) is 6.66. The van der Waals surface area contributed by atoms with Crippen LogP contribution in [-0.4, -0.2) is 14.8 Å². The van der Waals surface area contributed by atoms with Crippen molar-refractivity contribution >= 4 is 11.6 Å². The van der Waals surface area contributed by atoms with Crippen LogP contribution in [0.3, 0.4) is 0 Å². The first-order valence-corrected chi connectivity index (χ1v) is 7.17. The summed E-state index contributed by atoms with van der Waals surface area (Å²) in [5.74, 6) is 0. The monoisotopic (exact) mass is 332 g/mol. The lowest BCUT2D eigenvalue weighted by atomic mass is 10.1. The molecule has 0 saturated carbocycles. The minimum absolute atomic E-state index is 0.140. The minimum Gasteiger partial charge on any atom is -0.306 e.